The van der Waals surface area contributed by atoms with Crippen LogP contribution in [-0.4, -0.2) is 20.1 Å². The first-order chi connectivity index (χ1) is 8.42. The highest BCUT2D eigenvalue weighted by Crippen LogP contribution is 2.19. The zero-order valence-electron chi connectivity index (χ0n) is 9.91. The van der Waals surface area contributed by atoms with Crippen LogP contribution >= 0.6 is 0 Å². The third-order valence-electron chi connectivity index (χ3n) is 2.35. The summed E-state index contributed by atoms with van der Waals surface area (Å²) < 4.78 is 52.3. The Hall–Kier alpha value is -1.05. The Balaban J connectivity index is 3.11. The Morgan fingerprint density at radius 2 is 2.00 bits per heavy atom. The average Bonchev–Trinajstić information content (AvgIpc) is 2.32. The fourth-order valence-electron chi connectivity index (χ4n) is 1.37. The largest absolute Gasteiger partial charge is 0.392 e. The van der Waals surface area contributed by atoms with Gasteiger partial charge in [-0.25, -0.2) is 21.9 Å². The van der Waals surface area contributed by atoms with Gasteiger partial charge in [0, 0.05) is 6.54 Å². The maximum absolute atomic E-state index is 13.4. The van der Waals surface area contributed by atoms with E-state index in [1.807, 2.05) is 6.92 Å². The molecule has 0 bridgehead atoms. The molecule has 1 aromatic carbocycles. The van der Waals surface area contributed by atoms with Crippen LogP contribution in [0.25, 0.3) is 0 Å². The molecule has 0 aliphatic carbocycles. The van der Waals surface area contributed by atoms with Gasteiger partial charge in [-0.3, -0.25) is 0 Å². The summed E-state index contributed by atoms with van der Waals surface area (Å²) in [6.07, 6.45) is 1.37. The van der Waals surface area contributed by atoms with Gasteiger partial charge in [0.25, 0.3) is 0 Å². The second-order valence-corrected chi connectivity index (χ2v) is 5.53. The van der Waals surface area contributed by atoms with Crippen LogP contribution in [0.3, 0.4) is 0 Å². The lowest BCUT2D eigenvalue weighted by atomic mass is 10.2. The maximum atomic E-state index is 13.4. The van der Waals surface area contributed by atoms with Crippen molar-refractivity contribution in [1.29, 1.82) is 0 Å². The molecule has 0 heterocycles. The number of aliphatic hydroxyl groups is 1. The molecule has 0 saturated carbocycles. The normalized spacial score (nSPS) is 11.8. The van der Waals surface area contributed by atoms with Gasteiger partial charge < -0.3 is 5.11 Å². The van der Waals surface area contributed by atoms with Crippen LogP contribution in [0.1, 0.15) is 25.3 Å². The summed E-state index contributed by atoms with van der Waals surface area (Å²) in [5.74, 6) is -2.73. The first-order valence-electron chi connectivity index (χ1n) is 5.50. The van der Waals surface area contributed by atoms with Crippen LogP contribution in [0, 0.1) is 11.6 Å². The van der Waals surface area contributed by atoms with E-state index in [9.17, 15) is 17.2 Å². The second-order valence-electron chi connectivity index (χ2n) is 3.80. The SMILES string of the molecule is CCCCNS(=O)(=O)c1cc(CO)cc(F)c1F. The average molecular weight is 279 g/mol. The van der Waals surface area contributed by atoms with Gasteiger partial charge in [-0.1, -0.05) is 13.3 Å². The molecule has 0 atom stereocenters. The van der Waals surface area contributed by atoms with E-state index in [0.29, 0.717) is 6.42 Å². The van der Waals surface area contributed by atoms with Gasteiger partial charge in [-0.2, -0.15) is 0 Å². The van der Waals surface area contributed by atoms with E-state index in [1.54, 1.807) is 0 Å². The number of benzene rings is 1. The van der Waals surface area contributed by atoms with E-state index in [0.717, 1.165) is 18.6 Å². The van der Waals surface area contributed by atoms with E-state index < -0.39 is 33.2 Å². The summed E-state index contributed by atoms with van der Waals surface area (Å²) in [7, 11) is -4.09. The minimum atomic E-state index is -4.09. The number of hydrogen-bond acceptors (Lipinski definition) is 3. The van der Waals surface area contributed by atoms with Gasteiger partial charge in [0.1, 0.15) is 4.90 Å². The van der Waals surface area contributed by atoms with E-state index in [2.05, 4.69) is 4.72 Å². The van der Waals surface area contributed by atoms with Crippen molar-refractivity contribution < 1.29 is 22.3 Å². The summed E-state index contributed by atoms with van der Waals surface area (Å²) in [4.78, 5) is -0.775. The fourth-order valence-corrected chi connectivity index (χ4v) is 2.57. The third kappa shape index (κ3) is 3.47. The number of nitrogens with one attached hydrogen (secondary N) is 1. The lowest BCUT2D eigenvalue weighted by Gasteiger charge is -2.09. The van der Waals surface area contributed by atoms with Crippen molar-refractivity contribution >= 4 is 10.0 Å². The number of aliphatic hydroxyl groups excluding tert-OH is 1. The van der Waals surface area contributed by atoms with Crippen LogP contribution < -0.4 is 4.72 Å². The summed E-state index contributed by atoms with van der Waals surface area (Å²) in [5, 5.41) is 8.85. The first-order valence-corrected chi connectivity index (χ1v) is 6.99. The van der Waals surface area contributed by atoms with E-state index in [-0.39, 0.29) is 12.1 Å². The standard InChI is InChI=1S/C11H15F2NO3S/c1-2-3-4-14-18(16,17)10-6-8(7-15)5-9(12)11(10)13/h5-6,14-15H,2-4,7H2,1H3. The molecule has 0 aliphatic rings. The maximum Gasteiger partial charge on any atom is 0.243 e. The Morgan fingerprint density at radius 1 is 1.33 bits per heavy atom. The predicted molar refractivity (Wildman–Crippen MR) is 62.4 cm³/mol. The molecule has 18 heavy (non-hydrogen) atoms. The topological polar surface area (TPSA) is 66.4 Å². The molecule has 1 rings (SSSR count). The van der Waals surface area contributed by atoms with Crippen molar-refractivity contribution in [2.75, 3.05) is 6.54 Å². The molecule has 1 aromatic rings. The number of hydrogen-bond donors (Lipinski definition) is 2. The van der Waals surface area contributed by atoms with Crippen LogP contribution in [0.4, 0.5) is 8.78 Å². The fraction of sp³-hybridized carbons (Fsp3) is 0.455. The van der Waals surface area contributed by atoms with Gasteiger partial charge >= 0.3 is 0 Å². The predicted octanol–water partition coefficient (Wildman–Crippen LogP) is 1.54. The molecule has 0 saturated heterocycles. The molecule has 0 aromatic heterocycles. The van der Waals surface area contributed by atoms with Crippen LogP contribution in [0.2, 0.25) is 0 Å². The monoisotopic (exact) mass is 279 g/mol. The van der Waals surface area contributed by atoms with E-state index >= 15 is 0 Å². The second kappa shape index (κ2) is 6.21. The number of halogens is 2. The smallest absolute Gasteiger partial charge is 0.243 e. The quantitative estimate of drug-likeness (QED) is 0.776. The van der Waals surface area contributed by atoms with Crippen molar-refractivity contribution in [3.63, 3.8) is 0 Å². The van der Waals surface area contributed by atoms with Crippen molar-refractivity contribution in [3.8, 4) is 0 Å². The van der Waals surface area contributed by atoms with Crippen LogP contribution in [-0.2, 0) is 16.6 Å². The van der Waals surface area contributed by atoms with E-state index in [4.69, 9.17) is 5.11 Å². The van der Waals surface area contributed by atoms with Gasteiger partial charge in [0.15, 0.2) is 11.6 Å². The first kappa shape index (κ1) is 15.0. The van der Waals surface area contributed by atoms with Crippen LogP contribution in [0.15, 0.2) is 17.0 Å². The minimum absolute atomic E-state index is 0.00441. The van der Waals surface area contributed by atoms with Gasteiger partial charge in [0.2, 0.25) is 10.0 Å². The molecular weight excluding hydrogens is 264 g/mol. The van der Waals surface area contributed by atoms with Gasteiger partial charge in [-0.15, -0.1) is 0 Å². The van der Waals surface area contributed by atoms with Crippen molar-refractivity contribution in [3.05, 3.63) is 29.3 Å². The highest BCUT2D eigenvalue weighted by Gasteiger charge is 2.22. The lowest BCUT2D eigenvalue weighted by Crippen LogP contribution is -2.26. The molecule has 2 N–H and O–H groups in total. The number of sulfonamides is 1. The Morgan fingerprint density at radius 3 is 2.56 bits per heavy atom. The van der Waals surface area contributed by atoms with E-state index in [1.165, 1.54) is 0 Å². The molecule has 0 fully saturated rings. The molecule has 102 valence electrons. The van der Waals surface area contributed by atoms with Crippen molar-refractivity contribution in [2.45, 2.75) is 31.3 Å². The molecule has 0 unspecified atom stereocenters. The Labute approximate surface area is 105 Å². The van der Waals surface area contributed by atoms with Crippen molar-refractivity contribution in [2.24, 2.45) is 0 Å². The molecule has 0 radical (unpaired) electrons. The van der Waals surface area contributed by atoms with Gasteiger partial charge in [0.05, 0.1) is 6.61 Å². The summed E-state index contributed by atoms with van der Waals surface area (Å²) >= 11 is 0. The summed E-state index contributed by atoms with van der Waals surface area (Å²) in [5.41, 5.74) is 0.00441. The number of unbranched alkanes of at least 4 members (excludes halogenated alkanes) is 1. The summed E-state index contributed by atoms with van der Waals surface area (Å²) in [6, 6.07) is 1.69. The van der Waals surface area contributed by atoms with Gasteiger partial charge in [-0.05, 0) is 24.1 Å². The zero-order chi connectivity index (χ0) is 13.8. The minimum Gasteiger partial charge on any atom is -0.392 e. The zero-order valence-corrected chi connectivity index (χ0v) is 10.7. The molecule has 0 amide bonds. The lowest BCUT2D eigenvalue weighted by molar-refractivity contribution is 0.280. The van der Waals surface area contributed by atoms with Crippen LogP contribution in [0.5, 0.6) is 0 Å². The molecule has 4 nitrogen and oxygen atoms in total. The number of rotatable bonds is 6. The third-order valence-corrected chi connectivity index (χ3v) is 3.81. The summed E-state index contributed by atoms with van der Waals surface area (Å²) in [6.45, 7) is 1.47. The Kier molecular flexibility index (Phi) is 5.18. The molecule has 7 heteroatoms. The highest BCUT2D eigenvalue weighted by atomic mass is 32.2. The Bertz CT molecular complexity index is 517. The van der Waals surface area contributed by atoms with Crippen molar-refractivity contribution in [1.82, 2.24) is 4.72 Å². The molecular formula is C11H15F2NO3S. The molecule has 0 spiro atoms. The highest BCUT2D eigenvalue weighted by molar-refractivity contribution is 7.89. The molecule has 0 aliphatic heterocycles.